The Bertz CT molecular complexity index is 416. The first-order chi connectivity index (χ1) is 9.22. The molecule has 0 bridgehead atoms. The topological polar surface area (TPSA) is 54.0 Å². The number of carbonyl (C=O) groups is 1. The second kappa shape index (κ2) is 6.55. The van der Waals surface area contributed by atoms with E-state index < -0.39 is 0 Å². The molecule has 4 nitrogen and oxygen atoms in total. The third kappa shape index (κ3) is 3.69. The van der Waals surface area contributed by atoms with Gasteiger partial charge in [0.25, 0.3) is 5.91 Å². The van der Waals surface area contributed by atoms with E-state index in [0.717, 1.165) is 24.6 Å². The van der Waals surface area contributed by atoms with E-state index in [2.05, 4.69) is 22.5 Å². The Hall–Kier alpha value is -1.58. The minimum absolute atomic E-state index is 0.00286. The molecule has 1 amide bonds. The molecule has 1 saturated carbocycles. The summed E-state index contributed by atoms with van der Waals surface area (Å²) in [6, 6.07) is 3.97. The summed E-state index contributed by atoms with van der Waals surface area (Å²) in [5, 5.41) is 6.08. The SMILES string of the molecule is CCC1CCCC(NC(=O)c2ccc(NC)nc2)C1. The van der Waals surface area contributed by atoms with E-state index in [0.29, 0.717) is 11.6 Å². The highest BCUT2D eigenvalue weighted by molar-refractivity contribution is 5.94. The predicted octanol–water partition coefficient (Wildman–Crippen LogP) is 2.82. The van der Waals surface area contributed by atoms with Crippen LogP contribution < -0.4 is 10.6 Å². The largest absolute Gasteiger partial charge is 0.373 e. The summed E-state index contributed by atoms with van der Waals surface area (Å²) >= 11 is 0. The summed E-state index contributed by atoms with van der Waals surface area (Å²) in [4.78, 5) is 16.3. The summed E-state index contributed by atoms with van der Waals surface area (Å²) in [5.74, 6) is 1.54. The summed E-state index contributed by atoms with van der Waals surface area (Å²) in [6.07, 6.45) is 7.59. The van der Waals surface area contributed by atoms with E-state index in [-0.39, 0.29) is 5.91 Å². The summed E-state index contributed by atoms with van der Waals surface area (Å²) in [7, 11) is 1.81. The van der Waals surface area contributed by atoms with E-state index in [4.69, 9.17) is 0 Å². The molecule has 19 heavy (non-hydrogen) atoms. The first-order valence-electron chi connectivity index (χ1n) is 7.17. The zero-order valence-electron chi connectivity index (χ0n) is 11.8. The Morgan fingerprint density at radius 2 is 2.26 bits per heavy atom. The van der Waals surface area contributed by atoms with Gasteiger partial charge >= 0.3 is 0 Å². The van der Waals surface area contributed by atoms with Crippen LogP contribution in [-0.4, -0.2) is 24.0 Å². The zero-order valence-corrected chi connectivity index (χ0v) is 11.8. The van der Waals surface area contributed by atoms with Crippen LogP contribution in [0.15, 0.2) is 18.3 Å². The van der Waals surface area contributed by atoms with Crippen LogP contribution in [0.1, 0.15) is 49.4 Å². The number of nitrogens with one attached hydrogen (secondary N) is 2. The maximum absolute atomic E-state index is 12.1. The normalized spacial score (nSPS) is 22.8. The lowest BCUT2D eigenvalue weighted by Crippen LogP contribution is -2.38. The lowest BCUT2D eigenvalue weighted by Gasteiger charge is -2.29. The molecule has 104 valence electrons. The van der Waals surface area contributed by atoms with Gasteiger partial charge in [-0.05, 0) is 30.9 Å². The molecular weight excluding hydrogens is 238 g/mol. The number of rotatable bonds is 4. The van der Waals surface area contributed by atoms with E-state index in [9.17, 15) is 4.79 Å². The van der Waals surface area contributed by atoms with Crippen LogP contribution in [0, 0.1) is 5.92 Å². The summed E-state index contributed by atoms with van der Waals surface area (Å²) in [5.41, 5.74) is 0.637. The highest BCUT2D eigenvalue weighted by atomic mass is 16.1. The number of pyridine rings is 1. The molecule has 0 aromatic carbocycles. The highest BCUT2D eigenvalue weighted by Gasteiger charge is 2.22. The molecule has 2 rings (SSSR count). The number of carbonyl (C=O) groups excluding carboxylic acids is 1. The van der Waals surface area contributed by atoms with E-state index >= 15 is 0 Å². The van der Waals surface area contributed by atoms with Gasteiger partial charge in [-0.2, -0.15) is 0 Å². The van der Waals surface area contributed by atoms with E-state index in [1.165, 1.54) is 19.3 Å². The predicted molar refractivity (Wildman–Crippen MR) is 77.3 cm³/mol. The number of amides is 1. The lowest BCUT2D eigenvalue weighted by atomic mass is 9.84. The third-order valence-corrected chi connectivity index (χ3v) is 3.98. The molecule has 0 saturated heterocycles. The van der Waals surface area contributed by atoms with Gasteiger partial charge < -0.3 is 10.6 Å². The van der Waals surface area contributed by atoms with Crippen molar-refractivity contribution < 1.29 is 4.79 Å². The number of hydrogen-bond donors (Lipinski definition) is 2. The number of anilines is 1. The molecule has 2 N–H and O–H groups in total. The van der Waals surface area contributed by atoms with Gasteiger partial charge in [0, 0.05) is 19.3 Å². The molecule has 0 spiro atoms. The van der Waals surface area contributed by atoms with Crippen LogP contribution in [0.5, 0.6) is 0 Å². The highest BCUT2D eigenvalue weighted by Crippen LogP contribution is 2.26. The van der Waals surface area contributed by atoms with Crippen LogP contribution >= 0.6 is 0 Å². The van der Waals surface area contributed by atoms with Gasteiger partial charge in [-0.15, -0.1) is 0 Å². The van der Waals surface area contributed by atoms with Crippen molar-refractivity contribution in [2.75, 3.05) is 12.4 Å². The summed E-state index contributed by atoms with van der Waals surface area (Å²) < 4.78 is 0. The molecule has 1 aliphatic rings. The first kappa shape index (κ1) is 13.8. The summed E-state index contributed by atoms with van der Waals surface area (Å²) in [6.45, 7) is 2.23. The van der Waals surface area contributed by atoms with Crippen molar-refractivity contribution in [1.82, 2.24) is 10.3 Å². The number of aromatic nitrogens is 1. The van der Waals surface area contributed by atoms with Crippen molar-refractivity contribution in [3.63, 3.8) is 0 Å². The van der Waals surface area contributed by atoms with Gasteiger partial charge in [-0.25, -0.2) is 4.98 Å². The van der Waals surface area contributed by atoms with Crippen molar-refractivity contribution >= 4 is 11.7 Å². The zero-order chi connectivity index (χ0) is 13.7. The second-order valence-electron chi connectivity index (χ2n) is 5.29. The smallest absolute Gasteiger partial charge is 0.253 e. The minimum atomic E-state index is -0.00286. The average Bonchev–Trinajstić information content (AvgIpc) is 2.47. The second-order valence-corrected chi connectivity index (χ2v) is 5.29. The molecule has 1 fully saturated rings. The number of hydrogen-bond acceptors (Lipinski definition) is 3. The molecule has 2 unspecified atom stereocenters. The molecule has 1 heterocycles. The Morgan fingerprint density at radius 1 is 1.42 bits per heavy atom. The minimum Gasteiger partial charge on any atom is -0.373 e. The van der Waals surface area contributed by atoms with Gasteiger partial charge in [0.15, 0.2) is 0 Å². The molecule has 1 aromatic rings. The fourth-order valence-corrected chi connectivity index (χ4v) is 2.74. The lowest BCUT2D eigenvalue weighted by molar-refractivity contribution is 0.0919. The maximum Gasteiger partial charge on any atom is 0.253 e. The van der Waals surface area contributed by atoms with Crippen molar-refractivity contribution in [1.29, 1.82) is 0 Å². The Morgan fingerprint density at radius 3 is 2.89 bits per heavy atom. The van der Waals surface area contributed by atoms with Gasteiger partial charge in [0.05, 0.1) is 5.56 Å². The molecule has 1 aromatic heterocycles. The van der Waals surface area contributed by atoms with Crippen LogP contribution in [0.4, 0.5) is 5.82 Å². The maximum atomic E-state index is 12.1. The van der Waals surface area contributed by atoms with E-state index in [1.54, 1.807) is 6.20 Å². The molecule has 0 radical (unpaired) electrons. The van der Waals surface area contributed by atoms with Crippen LogP contribution in [0.25, 0.3) is 0 Å². The molecule has 1 aliphatic carbocycles. The fourth-order valence-electron chi connectivity index (χ4n) is 2.74. The van der Waals surface area contributed by atoms with Crippen LogP contribution in [0.2, 0.25) is 0 Å². The molecule has 2 atom stereocenters. The van der Waals surface area contributed by atoms with Crippen LogP contribution in [-0.2, 0) is 0 Å². The monoisotopic (exact) mass is 261 g/mol. The molecule has 0 aliphatic heterocycles. The van der Waals surface area contributed by atoms with E-state index in [1.807, 2.05) is 19.2 Å². The number of nitrogens with zero attached hydrogens (tertiary/aromatic N) is 1. The van der Waals surface area contributed by atoms with Gasteiger partial charge in [-0.3, -0.25) is 4.79 Å². The van der Waals surface area contributed by atoms with Gasteiger partial charge in [0.1, 0.15) is 5.82 Å². The average molecular weight is 261 g/mol. The van der Waals surface area contributed by atoms with Crippen molar-refractivity contribution in [3.8, 4) is 0 Å². The quantitative estimate of drug-likeness (QED) is 0.876. The fraction of sp³-hybridized carbons (Fsp3) is 0.600. The van der Waals surface area contributed by atoms with Gasteiger partial charge in [0.2, 0.25) is 0 Å². The first-order valence-corrected chi connectivity index (χ1v) is 7.17. The molecular formula is C15H23N3O. The van der Waals surface area contributed by atoms with Gasteiger partial charge in [-0.1, -0.05) is 26.2 Å². The Labute approximate surface area is 115 Å². The van der Waals surface area contributed by atoms with Crippen molar-refractivity contribution in [2.45, 2.75) is 45.1 Å². The third-order valence-electron chi connectivity index (χ3n) is 3.98. The Balaban J connectivity index is 1.92. The molecule has 4 heteroatoms. The standard InChI is InChI=1S/C15H23N3O/c1-3-11-5-4-6-13(9-11)18-15(19)12-7-8-14(16-2)17-10-12/h7-8,10-11,13H,3-6,9H2,1-2H3,(H,16,17)(H,18,19). The van der Waals surface area contributed by atoms with Crippen LogP contribution in [0.3, 0.4) is 0 Å². The Kier molecular flexibility index (Phi) is 4.77. The van der Waals surface area contributed by atoms with Crippen molar-refractivity contribution in [3.05, 3.63) is 23.9 Å². The van der Waals surface area contributed by atoms with Crippen molar-refractivity contribution in [2.24, 2.45) is 5.92 Å².